The van der Waals surface area contributed by atoms with Gasteiger partial charge < -0.3 is 10.6 Å². The molecule has 0 aromatic carbocycles. The van der Waals surface area contributed by atoms with E-state index in [0.717, 1.165) is 0 Å². The van der Waals surface area contributed by atoms with Gasteiger partial charge >= 0.3 is 0 Å². The SMILES string of the molecule is O=C(NC1CCC(NC(=O)C(Cl)(Cl)Cl)CC1)C(Cl)(Cl)Cl. The Morgan fingerprint density at radius 3 is 1.15 bits per heavy atom. The summed E-state index contributed by atoms with van der Waals surface area (Å²) in [7, 11) is 0. The lowest BCUT2D eigenvalue weighted by Gasteiger charge is -2.31. The van der Waals surface area contributed by atoms with Crippen LogP contribution in [0.4, 0.5) is 0 Å². The van der Waals surface area contributed by atoms with Gasteiger partial charge in [-0.25, -0.2) is 0 Å². The normalized spacial score (nSPS) is 24.1. The quantitative estimate of drug-likeness (QED) is 0.694. The summed E-state index contributed by atoms with van der Waals surface area (Å²) in [5, 5.41) is 5.27. The van der Waals surface area contributed by atoms with Gasteiger partial charge in [0.25, 0.3) is 19.4 Å². The molecule has 116 valence electrons. The molecular formula is C10H12Cl6N2O2. The van der Waals surface area contributed by atoms with Crippen LogP contribution in [0.3, 0.4) is 0 Å². The first kappa shape index (κ1) is 18.7. The third-order valence-corrected chi connectivity index (χ3v) is 3.94. The summed E-state index contributed by atoms with van der Waals surface area (Å²) >= 11 is 32.8. The Morgan fingerprint density at radius 1 is 0.700 bits per heavy atom. The lowest BCUT2D eigenvalue weighted by atomic mass is 9.91. The van der Waals surface area contributed by atoms with E-state index in [1.807, 2.05) is 0 Å². The molecule has 0 aromatic rings. The van der Waals surface area contributed by atoms with Crippen LogP contribution in [0.2, 0.25) is 0 Å². The third-order valence-electron chi connectivity index (χ3n) is 2.91. The maximum Gasteiger partial charge on any atom is 0.272 e. The number of carbonyl (C=O) groups excluding carboxylic acids is 2. The van der Waals surface area contributed by atoms with Gasteiger partial charge in [0.05, 0.1) is 0 Å². The van der Waals surface area contributed by atoms with Crippen molar-refractivity contribution in [2.75, 3.05) is 0 Å². The molecule has 1 saturated carbocycles. The third kappa shape index (κ3) is 6.20. The zero-order valence-corrected chi connectivity index (χ0v) is 14.6. The molecule has 2 N–H and O–H groups in total. The predicted molar refractivity (Wildman–Crippen MR) is 82.9 cm³/mol. The molecule has 0 radical (unpaired) electrons. The minimum absolute atomic E-state index is 0.0981. The maximum absolute atomic E-state index is 11.5. The smallest absolute Gasteiger partial charge is 0.272 e. The highest BCUT2D eigenvalue weighted by Crippen LogP contribution is 2.29. The van der Waals surface area contributed by atoms with Crippen molar-refractivity contribution in [1.82, 2.24) is 10.6 Å². The van der Waals surface area contributed by atoms with Gasteiger partial charge in [0, 0.05) is 12.1 Å². The highest BCUT2D eigenvalue weighted by molar-refractivity contribution is 6.76. The highest BCUT2D eigenvalue weighted by Gasteiger charge is 2.35. The van der Waals surface area contributed by atoms with E-state index in [4.69, 9.17) is 69.6 Å². The van der Waals surface area contributed by atoms with Crippen LogP contribution < -0.4 is 10.6 Å². The van der Waals surface area contributed by atoms with Crippen LogP contribution in [-0.2, 0) is 9.59 Å². The average molecular weight is 405 g/mol. The second-order valence-corrected chi connectivity index (χ2v) is 9.05. The van der Waals surface area contributed by atoms with Crippen LogP contribution in [0, 0.1) is 0 Å². The van der Waals surface area contributed by atoms with E-state index in [0.29, 0.717) is 25.7 Å². The molecule has 20 heavy (non-hydrogen) atoms. The van der Waals surface area contributed by atoms with Crippen LogP contribution >= 0.6 is 69.6 Å². The zero-order valence-electron chi connectivity index (χ0n) is 10.1. The summed E-state index contributed by atoms with van der Waals surface area (Å²) in [6.07, 6.45) is 2.54. The van der Waals surface area contributed by atoms with Gasteiger partial charge in [-0.05, 0) is 25.7 Å². The summed E-state index contributed by atoms with van der Waals surface area (Å²) in [4.78, 5) is 23.0. The molecule has 1 aliphatic rings. The van der Waals surface area contributed by atoms with Gasteiger partial charge in [-0.2, -0.15) is 0 Å². The van der Waals surface area contributed by atoms with Crippen molar-refractivity contribution < 1.29 is 9.59 Å². The Balaban J connectivity index is 2.37. The lowest BCUT2D eigenvalue weighted by molar-refractivity contribution is -0.122. The Kier molecular flexibility index (Phi) is 6.83. The van der Waals surface area contributed by atoms with Crippen LogP contribution in [0.5, 0.6) is 0 Å². The van der Waals surface area contributed by atoms with Crippen LogP contribution in [0.25, 0.3) is 0 Å². The Morgan fingerprint density at radius 2 is 0.950 bits per heavy atom. The minimum atomic E-state index is -1.97. The summed E-state index contributed by atoms with van der Waals surface area (Å²) in [6.45, 7) is 0. The Labute approximate surface area is 146 Å². The van der Waals surface area contributed by atoms with Gasteiger partial charge in [0.15, 0.2) is 0 Å². The first-order valence-electron chi connectivity index (χ1n) is 5.75. The van der Waals surface area contributed by atoms with Crippen molar-refractivity contribution in [3.63, 3.8) is 0 Å². The minimum Gasteiger partial charge on any atom is -0.350 e. The van der Waals surface area contributed by atoms with Gasteiger partial charge in [-0.1, -0.05) is 69.6 Å². The number of rotatable bonds is 2. The number of hydrogen-bond donors (Lipinski definition) is 2. The fourth-order valence-corrected chi connectivity index (χ4v) is 2.24. The Bertz CT molecular complexity index is 335. The van der Waals surface area contributed by atoms with Crippen molar-refractivity contribution in [1.29, 1.82) is 0 Å². The molecule has 0 atom stereocenters. The van der Waals surface area contributed by atoms with E-state index >= 15 is 0 Å². The van der Waals surface area contributed by atoms with E-state index in [1.165, 1.54) is 0 Å². The topological polar surface area (TPSA) is 58.2 Å². The van der Waals surface area contributed by atoms with Gasteiger partial charge in [0.2, 0.25) is 0 Å². The second-order valence-electron chi connectivity index (χ2n) is 4.49. The average Bonchev–Trinajstić information content (AvgIpc) is 2.29. The summed E-state index contributed by atoms with van der Waals surface area (Å²) < 4.78 is -3.94. The largest absolute Gasteiger partial charge is 0.350 e. The fraction of sp³-hybridized carbons (Fsp3) is 0.800. The molecule has 2 amide bonds. The van der Waals surface area contributed by atoms with Gasteiger partial charge in [0.1, 0.15) is 0 Å². The number of alkyl halides is 6. The van der Waals surface area contributed by atoms with Crippen molar-refractivity contribution in [3.8, 4) is 0 Å². The summed E-state index contributed by atoms with van der Waals surface area (Å²) in [5.41, 5.74) is 0. The highest BCUT2D eigenvalue weighted by atomic mass is 35.6. The second kappa shape index (κ2) is 7.30. The van der Waals surface area contributed by atoms with E-state index in [2.05, 4.69) is 10.6 Å². The van der Waals surface area contributed by atoms with Crippen molar-refractivity contribution in [2.45, 2.75) is 45.4 Å². The number of amides is 2. The molecule has 10 heteroatoms. The Hall–Kier alpha value is 0.680. The molecule has 0 saturated heterocycles. The van der Waals surface area contributed by atoms with Crippen LogP contribution in [0.1, 0.15) is 25.7 Å². The molecule has 1 rings (SSSR count). The molecule has 4 nitrogen and oxygen atoms in total. The van der Waals surface area contributed by atoms with Crippen molar-refractivity contribution in [3.05, 3.63) is 0 Å². The molecule has 0 aromatic heterocycles. The fourth-order valence-electron chi connectivity index (χ4n) is 1.92. The number of hydrogen-bond acceptors (Lipinski definition) is 2. The van der Waals surface area contributed by atoms with E-state index in [-0.39, 0.29) is 12.1 Å². The predicted octanol–water partition coefficient (Wildman–Crippen LogP) is 3.27. The van der Waals surface area contributed by atoms with Crippen molar-refractivity contribution in [2.24, 2.45) is 0 Å². The molecular weight excluding hydrogens is 393 g/mol. The van der Waals surface area contributed by atoms with E-state index < -0.39 is 19.4 Å². The van der Waals surface area contributed by atoms with Crippen molar-refractivity contribution >= 4 is 81.4 Å². The number of carbonyl (C=O) groups is 2. The lowest BCUT2D eigenvalue weighted by Crippen LogP contribution is -2.48. The molecule has 0 bridgehead atoms. The molecule has 0 aliphatic heterocycles. The maximum atomic E-state index is 11.5. The monoisotopic (exact) mass is 402 g/mol. The van der Waals surface area contributed by atoms with E-state index in [9.17, 15) is 9.59 Å². The first-order chi connectivity index (χ1) is 9.00. The van der Waals surface area contributed by atoms with E-state index in [1.54, 1.807) is 0 Å². The molecule has 0 spiro atoms. The molecule has 0 heterocycles. The summed E-state index contributed by atoms with van der Waals surface area (Å²) in [5.74, 6) is -1.31. The molecule has 0 unspecified atom stereocenters. The van der Waals surface area contributed by atoms with Gasteiger partial charge in [-0.3, -0.25) is 9.59 Å². The summed E-state index contributed by atoms with van der Waals surface area (Å²) in [6, 6.07) is -0.196. The number of nitrogens with one attached hydrogen (secondary N) is 2. The first-order valence-corrected chi connectivity index (χ1v) is 8.02. The number of halogens is 6. The zero-order chi connectivity index (χ0) is 15.6. The molecule has 1 fully saturated rings. The van der Waals surface area contributed by atoms with Gasteiger partial charge in [-0.15, -0.1) is 0 Å². The molecule has 1 aliphatic carbocycles. The van der Waals surface area contributed by atoms with Crippen LogP contribution in [-0.4, -0.2) is 31.5 Å². The standard InChI is InChI=1S/C10H12Cl6N2O2/c11-9(12,13)7(19)17-5-1-2-6(4-3-5)18-8(20)10(14,15)16/h5-6H,1-4H2,(H,17,19)(H,18,20). The van der Waals surface area contributed by atoms with Crippen LogP contribution in [0.15, 0.2) is 0 Å².